The van der Waals surface area contributed by atoms with Gasteiger partial charge >= 0.3 is 0 Å². The summed E-state index contributed by atoms with van der Waals surface area (Å²) in [5, 5.41) is 0. The van der Waals surface area contributed by atoms with Crippen LogP contribution in [0.15, 0.2) is 0 Å². The van der Waals surface area contributed by atoms with Crippen LogP contribution in [0.25, 0.3) is 0 Å². The average Bonchev–Trinajstić information content (AvgIpc) is 2.26. The van der Waals surface area contributed by atoms with Gasteiger partial charge in [0.25, 0.3) is 0 Å². The first kappa shape index (κ1) is 13.0. The van der Waals surface area contributed by atoms with Crippen molar-refractivity contribution >= 4 is 5.78 Å². The highest BCUT2D eigenvalue weighted by Gasteiger charge is 2.35. The molecule has 2 atom stereocenters. The van der Waals surface area contributed by atoms with E-state index in [0.717, 1.165) is 45.6 Å². The minimum absolute atomic E-state index is 0.249. The Morgan fingerprint density at radius 2 is 2.24 bits per heavy atom. The molecule has 1 aliphatic heterocycles. The molecule has 0 spiro atoms. The van der Waals surface area contributed by atoms with Crippen LogP contribution in [0, 0.1) is 11.3 Å². The van der Waals surface area contributed by atoms with E-state index in [0.29, 0.717) is 17.2 Å². The molecule has 1 saturated carbocycles. The Kier molecular flexibility index (Phi) is 3.88. The largest absolute Gasteiger partial charge is 0.379 e. The molecule has 3 nitrogen and oxygen atoms in total. The van der Waals surface area contributed by atoms with Crippen molar-refractivity contribution in [3.8, 4) is 0 Å². The maximum atomic E-state index is 12.0. The van der Waals surface area contributed by atoms with Crippen molar-refractivity contribution in [2.45, 2.75) is 46.1 Å². The molecule has 0 radical (unpaired) electrons. The van der Waals surface area contributed by atoms with Crippen molar-refractivity contribution in [2.75, 3.05) is 26.3 Å². The summed E-state index contributed by atoms with van der Waals surface area (Å²) in [6.07, 6.45) is 2.88. The van der Waals surface area contributed by atoms with Crippen LogP contribution in [-0.4, -0.2) is 43.0 Å². The second-order valence-corrected chi connectivity index (χ2v) is 6.45. The lowest BCUT2D eigenvalue weighted by atomic mass is 9.71. The summed E-state index contributed by atoms with van der Waals surface area (Å²) >= 11 is 0. The summed E-state index contributed by atoms with van der Waals surface area (Å²) in [7, 11) is 0. The predicted octanol–water partition coefficient (Wildman–Crippen LogP) is 2.10. The second-order valence-electron chi connectivity index (χ2n) is 6.45. The highest BCUT2D eigenvalue weighted by molar-refractivity contribution is 5.82. The number of ether oxygens (including phenoxy) is 1. The van der Waals surface area contributed by atoms with E-state index in [1.54, 1.807) is 0 Å². The summed E-state index contributed by atoms with van der Waals surface area (Å²) in [6.45, 7) is 10.3. The molecular formula is C14H25NO2. The van der Waals surface area contributed by atoms with Crippen LogP contribution < -0.4 is 0 Å². The fourth-order valence-corrected chi connectivity index (χ4v) is 3.03. The van der Waals surface area contributed by atoms with Gasteiger partial charge < -0.3 is 4.74 Å². The number of carbonyl (C=O) groups excluding carboxylic acids is 1. The van der Waals surface area contributed by atoms with E-state index in [4.69, 9.17) is 4.74 Å². The highest BCUT2D eigenvalue weighted by atomic mass is 16.5. The molecule has 1 aliphatic carbocycles. The maximum Gasteiger partial charge on any atom is 0.137 e. The zero-order chi connectivity index (χ0) is 12.5. The Morgan fingerprint density at radius 3 is 2.94 bits per heavy atom. The predicted molar refractivity (Wildman–Crippen MR) is 68.0 cm³/mol. The number of morpholine rings is 1. The van der Waals surface area contributed by atoms with Crippen LogP contribution in [0.1, 0.15) is 40.0 Å². The van der Waals surface area contributed by atoms with Gasteiger partial charge in [-0.2, -0.15) is 0 Å². The third-order valence-corrected chi connectivity index (χ3v) is 4.26. The van der Waals surface area contributed by atoms with E-state index in [-0.39, 0.29) is 5.92 Å². The van der Waals surface area contributed by atoms with E-state index in [2.05, 4.69) is 25.7 Å². The quantitative estimate of drug-likeness (QED) is 0.739. The van der Waals surface area contributed by atoms with Gasteiger partial charge in [-0.05, 0) is 25.2 Å². The van der Waals surface area contributed by atoms with Gasteiger partial charge in [0.1, 0.15) is 5.78 Å². The molecule has 0 amide bonds. The molecule has 1 saturated heterocycles. The van der Waals surface area contributed by atoms with E-state index in [1.807, 2.05) is 0 Å². The van der Waals surface area contributed by atoms with E-state index in [9.17, 15) is 4.79 Å². The molecule has 1 heterocycles. The highest BCUT2D eigenvalue weighted by Crippen LogP contribution is 2.37. The lowest BCUT2D eigenvalue weighted by Gasteiger charge is -2.40. The van der Waals surface area contributed by atoms with Crippen molar-refractivity contribution in [3.63, 3.8) is 0 Å². The van der Waals surface area contributed by atoms with Gasteiger partial charge in [-0.25, -0.2) is 0 Å². The number of carbonyl (C=O) groups is 1. The molecule has 0 N–H and O–H groups in total. The van der Waals surface area contributed by atoms with Crippen LogP contribution >= 0.6 is 0 Å². The molecule has 0 aromatic heterocycles. The summed E-state index contributed by atoms with van der Waals surface area (Å²) in [4.78, 5) is 14.4. The number of Topliss-reactive ketones (excluding diaryl/α,β-unsaturated/α-hetero) is 1. The Labute approximate surface area is 105 Å². The summed E-state index contributed by atoms with van der Waals surface area (Å²) in [5.74, 6) is 0.724. The Morgan fingerprint density at radius 1 is 1.47 bits per heavy atom. The smallest absolute Gasteiger partial charge is 0.137 e. The van der Waals surface area contributed by atoms with E-state index >= 15 is 0 Å². The van der Waals surface area contributed by atoms with Crippen LogP contribution in [0.2, 0.25) is 0 Å². The number of rotatable bonds is 2. The monoisotopic (exact) mass is 239 g/mol. The van der Waals surface area contributed by atoms with Crippen molar-refractivity contribution in [1.29, 1.82) is 0 Å². The average molecular weight is 239 g/mol. The summed E-state index contributed by atoms with van der Waals surface area (Å²) < 4.78 is 5.44. The SMILES string of the molecule is CC1COCCN1CC1CC(C)(C)CCC1=O. The zero-order valence-electron chi connectivity index (χ0n) is 11.4. The zero-order valence-corrected chi connectivity index (χ0v) is 11.4. The van der Waals surface area contributed by atoms with Gasteiger partial charge in [0, 0.05) is 31.5 Å². The Hall–Kier alpha value is -0.410. The van der Waals surface area contributed by atoms with Gasteiger partial charge in [0.2, 0.25) is 0 Å². The van der Waals surface area contributed by atoms with Gasteiger partial charge in [-0.1, -0.05) is 13.8 Å². The molecule has 0 aromatic carbocycles. The topological polar surface area (TPSA) is 29.5 Å². The summed E-state index contributed by atoms with van der Waals surface area (Å²) in [6, 6.07) is 0.460. The first-order chi connectivity index (χ1) is 7.98. The molecule has 0 bridgehead atoms. The number of hydrogen-bond donors (Lipinski definition) is 0. The fourth-order valence-electron chi connectivity index (χ4n) is 3.03. The van der Waals surface area contributed by atoms with Crippen molar-refractivity contribution in [1.82, 2.24) is 4.90 Å². The standard InChI is InChI=1S/C14H25NO2/c1-11-10-17-7-6-15(11)9-12-8-14(2,3)5-4-13(12)16/h11-12H,4-10H2,1-3H3. The first-order valence-electron chi connectivity index (χ1n) is 6.82. The summed E-state index contributed by atoms with van der Waals surface area (Å²) in [5.41, 5.74) is 0.341. The molecule has 2 fully saturated rings. The first-order valence-corrected chi connectivity index (χ1v) is 6.82. The Bertz CT molecular complexity index is 288. The van der Waals surface area contributed by atoms with Crippen molar-refractivity contribution in [2.24, 2.45) is 11.3 Å². The van der Waals surface area contributed by atoms with Crippen molar-refractivity contribution < 1.29 is 9.53 Å². The van der Waals surface area contributed by atoms with Gasteiger partial charge in [-0.15, -0.1) is 0 Å². The van der Waals surface area contributed by atoms with Gasteiger partial charge in [0.05, 0.1) is 13.2 Å². The number of nitrogens with zero attached hydrogens (tertiary/aromatic N) is 1. The third-order valence-electron chi connectivity index (χ3n) is 4.26. The molecule has 98 valence electrons. The number of ketones is 1. The van der Waals surface area contributed by atoms with E-state index in [1.165, 1.54) is 0 Å². The van der Waals surface area contributed by atoms with Crippen LogP contribution in [-0.2, 0) is 9.53 Å². The molecule has 17 heavy (non-hydrogen) atoms. The molecule has 3 heteroatoms. The minimum atomic E-state index is 0.249. The Balaban J connectivity index is 1.94. The van der Waals surface area contributed by atoms with Gasteiger partial charge in [-0.3, -0.25) is 9.69 Å². The fraction of sp³-hybridized carbons (Fsp3) is 0.929. The van der Waals surface area contributed by atoms with E-state index < -0.39 is 0 Å². The lowest BCUT2D eigenvalue weighted by Crippen LogP contribution is -2.48. The number of hydrogen-bond acceptors (Lipinski definition) is 3. The van der Waals surface area contributed by atoms with Crippen LogP contribution in [0.3, 0.4) is 0 Å². The molecular weight excluding hydrogens is 214 g/mol. The molecule has 2 aliphatic rings. The minimum Gasteiger partial charge on any atom is -0.379 e. The van der Waals surface area contributed by atoms with Gasteiger partial charge in [0.15, 0.2) is 0 Å². The van der Waals surface area contributed by atoms with Crippen molar-refractivity contribution in [3.05, 3.63) is 0 Å². The van der Waals surface area contributed by atoms with Crippen LogP contribution in [0.4, 0.5) is 0 Å². The third kappa shape index (κ3) is 3.29. The molecule has 0 aromatic rings. The molecule has 2 rings (SSSR count). The molecule has 2 unspecified atom stereocenters. The maximum absolute atomic E-state index is 12.0. The second kappa shape index (κ2) is 5.07. The normalized spacial score (nSPS) is 34.9. The lowest BCUT2D eigenvalue weighted by molar-refractivity contribution is -0.128. The van der Waals surface area contributed by atoms with Crippen LogP contribution in [0.5, 0.6) is 0 Å².